The Labute approximate surface area is 193 Å². The van der Waals surface area contributed by atoms with Gasteiger partial charge in [-0.1, -0.05) is 29.8 Å². The Bertz CT molecular complexity index is 1190. The van der Waals surface area contributed by atoms with Crippen molar-refractivity contribution < 1.29 is 22.7 Å². The molecule has 1 unspecified atom stereocenters. The molecular formula is C24H27N3O5S. The number of hydrogen-bond donors (Lipinski definition) is 2. The summed E-state index contributed by atoms with van der Waals surface area (Å²) >= 11 is 0. The lowest BCUT2D eigenvalue weighted by molar-refractivity contribution is -0.129. The predicted molar refractivity (Wildman–Crippen MR) is 123 cm³/mol. The van der Waals surface area contributed by atoms with Crippen LogP contribution in [0.3, 0.4) is 0 Å². The van der Waals surface area contributed by atoms with Gasteiger partial charge >= 0.3 is 0 Å². The average Bonchev–Trinajstić information content (AvgIpc) is 2.80. The first-order chi connectivity index (χ1) is 15.8. The molecule has 2 aromatic carbocycles. The van der Waals surface area contributed by atoms with Crippen molar-refractivity contribution in [2.45, 2.75) is 49.6 Å². The van der Waals surface area contributed by atoms with Crippen LogP contribution >= 0.6 is 0 Å². The number of amides is 2. The molecule has 2 atom stereocenters. The Balaban J connectivity index is 1.54. The highest BCUT2D eigenvalue weighted by Crippen LogP contribution is 2.35. The van der Waals surface area contributed by atoms with Crippen LogP contribution in [0.5, 0.6) is 5.75 Å². The smallest absolute Gasteiger partial charge is 0.264 e. The van der Waals surface area contributed by atoms with Crippen LogP contribution in [0.4, 0.5) is 0 Å². The molecule has 174 valence electrons. The number of fused-ring (bicyclic) bond motifs is 1. The number of ether oxygens (including phenoxy) is 1. The number of nitrogens with one attached hydrogen (secondary N) is 2. The van der Waals surface area contributed by atoms with Gasteiger partial charge in [0, 0.05) is 12.4 Å². The summed E-state index contributed by atoms with van der Waals surface area (Å²) in [5, 5.41) is 5.51. The molecule has 0 bridgehead atoms. The first-order valence-electron chi connectivity index (χ1n) is 10.8. The third-order valence-corrected chi connectivity index (χ3v) is 7.85. The number of benzene rings is 2. The lowest BCUT2D eigenvalue weighted by atomic mass is 9.87. The van der Waals surface area contributed by atoms with E-state index in [4.69, 9.17) is 4.74 Å². The quantitative estimate of drug-likeness (QED) is 0.677. The summed E-state index contributed by atoms with van der Waals surface area (Å²) in [5.41, 5.74) is 2.98. The summed E-state index contributed by atoms with van der Waals surface area (Å²) in [6.45, 7) is 1.86. The van der Waals surface area contributed by atoms with Crippen molar-refractivity contribution >= 4 is 21.8 Å². The molecule has 1 aliphatic carbocycles. The molecule has 0 saturated carbocycles. The zero-order valence-electron chi connectivity index (χ0n) is 18.6. The van der Waals surface area contributed by atoms with E-state index in [0.29, 0.717) is 0 Å². The number of aryl methyl sites for hydroxylation is 1. The minimum absolute atomic E-state index is 0.0613. The van der Waals surface area contributed by atoms with Crippen molar-refractivity contribution in [3.8, 4) is 5.75 Å². The van der Waals surface area contributed by atoms with Gasteiger partial charge < -0.3 is 15.4 Å². The molecule has 2 aliphatic rings. The maximum absolute atomic E-state index is 13.2. The van der Waals surface area contributed by atoms with E-state index in [1.807, 2.05) is 25.1 Å². The van der Waals surface area contributed by atoms with Gasteiger partial charge in [-0.15, -0.1) is 0 Å². The molecule has 2 amide bonds. The van der Waals surface area contributed by atoms with E-state index < -0.39 is 27.9 Å². The first kappa shape index (κ1) is 22.8. The molecule has 9 heteroatoms. The van der Waals surface area contributed by atoms with Gasteiger partial charge in [0.1, 0.15) is 11.8 Å². The number of sulfonamides is 1. The third kappa shape index (κ3) is 4.59. The Morgan fingerprint density at radius 2 is 1.97 bits per heavy atom. The zero-order valence-corrected chi connectivity index (χ0v) is 19.4. The van der Waals surface area contributed by atoms with Gasteiger partial charge in [0.25, 0.3) is 10.0 Å². The van der Waals surface area contributed by atoms with Gasteiger partial charge in [0.15, 0.2) is 0 Å². The van der Waals surface area contributed by atoms with Crippen molar-refractivity contribution in [1.29, 1.82) is 0 Å². The number of nitrogens with zero attached hydrogens (tertiary/aromatic N) is 1. The summed E-state index contributed by atoms with van der Waals surface area (Å²) in [6, 6.07) is 10.7. The van der Waals surface area contributed by atoms with Crippen LogP contribution in [-0.2, 0) is 26.0 Å². The minimum atomic E-state index is -4.01. The van der Waals surface area contributed by atoms with Crippen molar-refractivity contribution in [2.75, 3.05) is 7.11 Å². The highest BCUT2D eigenvalue weighted by atomic mass is 32.2. The van der Waals surface area contributed by atoms with E-state index in [0.717, 1.165) is 46.0 Å². The summed E-state index contributed by atoms with van der Waals surface area (Å²) in [4.78, 5) is 25.6. The minimum Gasteiger partial charge on any atom is -0.496 e. The summed E-state index contributed by atoms with van der Waals surface area (Å²) in [5.74, 6) is -0.150. The van der Waals surface area contributed by atoms with Gasteiger partial charge in [-0.25, -0.2) is 8.42 Å². The fourth-order valence-electron chi connectivity index (χ4n) is 4.36. The standard InChI is InChI=1S/C24H27N3O5S/c1-16-9-11-17(12-10-16)33(30,31)27-14-13-25-24(29)21(27)15-23(28)26-20-7-3-6-19-18(20)5-4-8-22(19)32-2/h4-5,8-14,20-21H,3,6-7,15H2,1-2H3,(H,25,29)(H,26,28)/t20?,21-/m1/s1. The molecule has 1 aliphatic heterocycles. The average molecular weight is 470 g/mol. The Morgan fingerprint density at radius 1 is 1.21 bits per heavy atom. The second-order valence-corrected chi connectivity index (χ2v) is 10.1. The Kier molecular flexibility index (Phi) is 6.42. The fraction of sp³-hybridized carbons (Fsp3) is 0.333. The molecule has 4 rings (SSSR count). The highest BCUT2D eigenvalue weighted by Gasteiger charge is 2.37. The van der Waals surface area contributed by atoms with Gasteiger partial charge in [0.05, 0.1) is 24.5 Å². The van der Waals surface area contributed by atoms with Crippen LogP contribution in [0.25, 0.3) is 0 Å². The molecule has 1 heterocycles. The van der Waals surface area contributed by atoms with Crippen LogP contribution in [0.15, 0.2) is 59.8 Å². The van der Waals surface area contributed by atoms with Crippen molar-refractivity contribution in [1.82, 2.24) is 14.9 Å². The van der Waals surface area contributed by atoms with E-state index in [9.17, 15) is 18.0 Å². The maximum Gasteiger partial charge on any atom is 0.264 e. The van der Waals surface area contributed by atoms with Crippen molar-refractivity contribution in [3.63, 3.8) is 0 Å². The number of carbonyl (C=O) groups is 2. The predicted octanol–water partition coefficient (Wildman–Crippen LogP) is 2.55. The SMILES string of the molecule is COc1cccc2c1CCCC2NC(=O)C[C@@H]1C(=O)NC=CN1S(=O)(=O)c1ccc(C)cc1. The van der Waals surface area contributed by atoms with Crippen molar-refractivity contribution in [2.24, 2.45) is 0 Å². The van der Waals surface area contributed by atoms with Crippen LogP contribution in [0.1, 0.15) is 42.0 Å². The summed E-state index contributed by atoms with van der Waals surface area (Å²) in [7, 11) is -2.39. The van der Waals surface area contributed by atoms with Crippen LogP contribution in [0, 0.1) is 6.92 Å². The Morgan fingerprint density at radius 3 is 2.70 bits per heavy atom. The highest BCUT2D eigenvalue weighted by molar-refractivity contribution is 7.89. The van der Waals surface area contributed by atoms with Crippen molar-refractivity contribution in [3.05, 3.63) is 71.6 Å². The molecule has 0 aromatic heterocycles. The topological polar surface area (TPSA) is 105 Å². The molecule has 0 fully saturated rings. The number of hydrogen-bond acceptors (Lipinski definition) is 5. The molecule has 0 saturated heterocycles. The molecule has 33 heavy (non-hydrogen) atoms. The van der Waals surface area contributed by atoms with E-state index in [2.05, 4.69) is 10.6 Å². The lowest BCUT2D eigenvalue weighted by Gasteiger charge is -2.32. The van der Waals surface area contributed by atoms with Gasteiger partial charge in [-0.2, -0.15) is 0 Å². The van der Waals surface area contributed by atoms with E-state index >= 15 is 0 Å². The van der Waals surface area contributed by atoms with E-state index in [1.165, 1.54) is 24.5 Å². The van der Waals surface area contributed by atoms with E-state index in [1.54, 1.807) is 19.2 Å². The number of carbonyl (C=O) groups excluding carboxylic acids is 2. The second-order valence-electron chi connectivity index (χ2n) is 8.23. The Hall–Kier alpha value is -3.33. The van der Waals surface area contributed by atoms with Gasteiger partial charge in [-0.05, 0) is 55.5 Å². The third-order valence-electron chi connectivity index (χ3n) is 6.05. The molecule has 0 spiro atoms. The fourth-order valence-corrected chi connectivity index (χ4v) is 5.81. The summed E-state index contributed by atoms with van der Waals surface area (Å²) in [6.07, 6.45) is 4.77. The van der Waals surface area contributed by atoms with E-state index in [-0.39, 0.29) is 17.4 Å². The largest absolute Gasteiger partial charge is 0.496 e. The maximum atomic E-state index is 13.2. The zero-order chi connectivity index (χ0) is 23.6. The molecule has 2 aromatic rings. The van der Waals surface area contributed by atoms with Crippen LogP contribution in [-0.4, -0.2) is 37.7 Å². The van der Waals surface area contributed by atoms with Crippen LogP contribution < -0.4 is 15.4 Å². The normalized spacial score (nSPS) is 20.1. The van der Waals surface area contributed by atoms with Gasteiger partial charge in [0.2, 0.25) is 11.8 Å². The lowest BCUT2D eigenvalue weighted by Crippen LogP contribution is -2.51. The first-order valence-corrected chi connectivity index (χ1v) is 12.3. The molecular weight excluding hydrogens is 442 g/mol. The molecule has 0 radical (unpaired) electrons. The second kappa shape index (κ2) is 9.27. The van der Waals surface area contributed by atoms with Crippen LogP contribution in [0.2, 0.25) is 0 Å². The van der Waals surface area contributed by atoms with Gasteiger partial charge in [-0.3, -0.25) is 13.9 Å². The monoisotopic (exact) mass is 469 g/mol. The summed E-state index contributed by atoms with van der Waals surface area (Å²) < 4.78 is 32.8. The molecule has 8 nitrogen and oxygen atoms in total. The number of rotatable bonds is 6. The number of methoxy groups -OCH3 is 1. The molecule has 2 N–H and O–H groups in total.